The average Bonchev–Trinajstić information content (AvgIpc) is 3.26. The Labute approximate surface area is 163 Å². The van der Waals surface area contributed by atoms with Crippen molar-refractivity contribution in [1.29, 1.82) is 0 Å². The van der Waals surface area contributed by atoms with Gasteiger partial charge in [-0.25, -0.2) is 14.5 Å². The molecule has 140 valence electrons. The molecule has 0 spiro atoms. The summed E-state index contributed by atoms with van der Waals surface area (Å²) in [6.45, 7) is 0.543. The van der Waals surface area contributed by atoms with Crippen LogP contribution in [-0.4, -0.2) is 41.5 Å². The molecular weight excluding hydrogens is 395 g/mol. The number of carboxylic acid groups (broad SMARTS) is 1. The van der Waals surface area contributed by atoms with Crippen molar-refractivity contribution in [3.63, 3.8) is 0 Å². The van der Waals surface area contributed by atoms with E-state index in [1.54, 1.807) is 18.2 Å². The maximum Gasteiger partial charge on any atom is 0.338 e. The number of hydrogen-bond donors (Lipinski definition) is 2. The molecule has 2 heterocycles. The fraction of sp³-hybridized carbons (Fsp3) is 0.188. The van der Waals surface area contributed by atoms with E-state index in [0.717, 1.165) is 0 Å². The van der Waals surface area contributed by atoms with Gasteiger partial charge in [-0.15, -0.1) is 5.10 Å². The van der Waals surface area contributed by atoms with Crippen LogP contribution in [0.25, 0.3) is 0 Å². The summed E-state index contributed by atoms with van der Waals surface area (Å²) in [7, 11) is 0. The molecule has 0 aliphatic carbocycles. The molecule has 0 aliphatic rings. The normalized spacial score (nSPS) is 10.7. The van der Waals surface area contributed by atoms with Crippen LogP contribution in [-0.2, 0) is 17.9 Å². The Bertz CT molecular complexity index is 964. The van der Waals surface area contributed by atoms with Gasteiger partial charge in [0.1, 0.15) is 6.33 Å². The number of anilines is 1. The maximum atomic E-state index is 12.0. The number of halogens is 2. The summed E-state index contributed by atoms with van der Waals surface area (Å²) in [6.07, 6.45) is 4.13. The first kappa shape index (κ1) is 18.9. The number of carbonyl (C=O) groups excluding carboxylic acids is 1. The number of aromatic carboxylic acids is 1. The van der Waals surface area contributed by atoms with Crippen molar-refractivity contribution in [3.8, 4) is 0 Å². The van der Waals surface area contributed by atoms with E-state index in [-0.39, 0.29) is 30.4 Å². The molecule has 2 N–H and O–H groups in total. The van der Waals surface area contributed by atoms with Gasteiger partial charge in [-0.3, -0.25) is 14.8 Å². The first-order valence-electron chi connectivity index (χ1n) is 7.80. The number of nitrogens with zero attached hydrogens (tertiary/aromatic N) is 5. The Morgan fingerprint density at radius 1 is 1.19 bits per heavy atom. The largest absolute Gasteiger partial charge is 0.478 e. The monoisotopic (exact) mass is 408 g/mol. The Kier molecular flexibility index (Phi) is 5.72. The fourth-order valence-corrected chi connectivity index (χ4v) is 2.79. The van der Waals surface area contributed by atoms with Crippen LogP contribution in [0.5, 0.6) is 0 Å². The van der Waals surface area contributed by atoms with Gasteiger partial charge in [-0.2, -0.15) is 5.10 Å². The topological polar surface area (TPSA) is 115 Å². The summed E-state index contributed by atoms with van der Waals surface area (Å²) in [4.78, 5) is 26.8. The summed E-state index contributed by atoms with van der Waals surface area (Å²) in [5.74, 6) is -1.25. The molecule has 27 heavy (non-hydrogen) atoms. The zero-order valence-electron chi connectivity index (χ0n) is 13.8. The van der Waals surface area contributed by atoms with Crippen molar-refractivity contribution in [2.45, 2.75) is 19.5 Å². The molecule has 0 bridgehead atoms. The predicted octanol–water partition coefficient (Wildman–Crippen LogP) is 2.56. The number of nitrogens with one attached hydrogen (secondary N) is 1. The highest BCUT2D eigenvalue weighted by Crippen LogP contribution is 2.24. The molecule has 0 unspecified atom stereocenters. The van der Waals surface area contributed by atoms with Crippen molar-refractivity contribution in [2.75, 3.05) is 5.32 Å². The van der Waals surface area contributed by atoms with Crippen molar-refractivity contribution < 1.29 is 14.7 Å². The third kappa shape index (κ3) is 4.83. The molecule has 0 atom stereocenters. The van der Waals surface area contributed by atoms with E-state index < -0.39 is 5.97 Å². The number of aryl methyl sites for hydroxylation is 1. The van der Waals surface area contributed by atoms with Gasteiger partial charge in [0.05, 0.1) is 18.3 Å². The lowest BCUT2D eigenvalue weighted by Gasteiger charge is -2.06. The highest BCUT2D eigenvalue weighted by molar-refractivity contribution is 6.35. The molecule has 0 radical (unpaired) electrons. The molecule has 0 saturated heterocycles. The van der Waals surface area contributed by atoms with Gasteiger partial charge < -0.3 is 5.11 Å². The molecule has 3 rings (SSSR count). The van der Waals surface area contributed by atoms with Gasteiger partial charge >= 0.3 is 5.97 Å². The van der Waals surface area contributed by atoms with Gasteiger partial charge in [0.25, 0.3) is 0 Å². The molecule has 0 aliphatic heterocycles. The van der Waals surface area contributed by atoms with Crippen LogP contribution in [0.15, 0.2) is 36.9 Å². The first-order valence-corrected chi connectivity index (χ1v) is 8.56. The van der Waals surface area contributed by atoms with Crippen LogP contribution >= 0.6 is 23.2 Å². The van der Waals surface area contributed by atoms with E-state index in [2.05, 4.69) is 20.5 Å². The molecule has 11 heteroatoms. The molecule has 3 aromatic rings. The van der Waals surface area contributed by atoms with Gasteiger partial charge in [0.15, 0.2) is 0 Å². The lowest BCUT2D eigenvalue weighted by atomic mass is 10.2. The number of hydrogen-bond acceptors (Lipinski definition) is 5. The SMILES string of the molecule is O=C(CCn1cc(C(=O)O)cn1)Nc1ncn(Cc2c(Cl)cccc2Cl)n1. The van der Waals surface area contributed by atoms with E-state index in [9.17, 15) is 9.59 Å². The molecule has 2 aromatic heterocycles. The standard InChI is InChI=1S/C16H14Cl2N6O3/c17-12-2-1-3-13(18)11(12)8-24-9-19-16(22-24)21-14(25)4-5-23-7-10(6-20-23)15(26)27/h1-3,6-7,9H,4-5,8H2,(H,26,27)(H,21,22,25). The van der Waals surface area contributed by atoms with Crippen LogP contribution in [0, 0.1) is 0 Å². The molecule has 9 nitrogen and oxygen atoms in total. The number of amides is 1. The minimum Gasteiger partial charge on any atom is -0.478 e. The van der Waals surface area contributed by atoms with Crippen LogP contribution in [0.3, 0.4) is 0 Å². The summed E-state index contributed by atoms with van der Waals surface area (Å²) < 4.78 is 2.89. The second-order valence-corrected chi connectivity index (χ2v) is 6.38. The highest BCUT2D eigenvalue weighted by atomic mass is 35.5. The van der Waals surface area contributed by atoms with Gasteiger partial charge in [0.2, 0.25) is 11.9 Å². The minimum atomic E-state index is -1.07. The maximum absolute atomic E-state index is 12.0. The number of carbonyl (C=O) groups is 2. The molecule has 1 aromatic carbocycles. The van der Waals surface area contributed by atoms with E-state index in [4.69, 9.17) is 28.3 Å². The third-order valence-electron chi connectivity index (χ3n) is 3.62. The molecular formula is C16H14Cl2N6O3. The minimum absolute atomic E-state index is 0.0639. The van der Waals surface area contributed by atoms with Gasteiger partial charge in [-0.1, -0.05) is 29.3 Å². The van der Waals surface area contributed by atoms with Crippen molar-refractivity contribution in [1.82, 2.24) is 24.5 Å². The summed E-state index contributed by atoms with van der Waals surface area (Å²) in [5.41, 5.74) is 0.769. The molecule has 0 saturated carbocycles. The van der Waals surface area contributed by atoms with Crippen molar-refractivity contribution >= 4 is 41.0 Å². The summed E-state index contributed by atoms with van der Waals surface area (Å²) in [6, 6.07) is 5.21. The van der Waals surface area contributed by atoms with E-state index in [0.29, 0.717) is 22.2 Å². The number of carboxylic acids is 1. The first-order chi connectivity index (χ1) is 12.9. The summed E-state index contributed by atoms with van der Waals surface area (Å²) in [5, 5.41) is 20.5. The van der Waals surface area contributed by atoms with Crippen LogP contribution < -0.4 is 5.32 Å². The van der Waals surface area contributed by atoms with Crippen LogP contribution in [0.2, 0.25) is 10.0 Å². The smallest absolute Gasteiger partial charge is 0.338 e. The lowest BCUT2D eigenvalue weighted by Crippen LogP contribution is -2.16. The van der Waals surface area contributed by atoms with E-state index in [1.165, 1.54) is 28.1 Å². The highest BCUT2D eigenvalue weighted by Gasteiger charge is 2.11. The quantitative estimate of drug-likeness (QED) is 0.620. The van der Waals surface area contributed by atoms with Gasteiger partial charge in [-0.05, 0) is 12.1 Å². The number of benzene rings is 1. The Morgan fingerprint density at radius 3 is 2.59 bits per heavy atom. The van der Waals surface area contributed by atoms with Crippen molar-refractivity contribution in [3.05, 3.63) is 58.1 Å². The van der Waals surface area contributed by atoms with Crippen molar-refractivity contribution in [2.24, 2.45) is 0 Å². The van der Waals surface area contributed by atoms with Crippen LogP contribution in [0.1, 0.15) is 22.3 Å². The summed E-state index contributed by atoms with van der Waals surface area (Å²) >= 11 is 12.3. The third-order valence-corrected chi connectivity index (χ3v) is 4.33. The molecule has 0 fully saturated rings. The predicted molar refractivity (Wildman–Crippen MR) is 98.0 cm³/mol. The Hall–Kier alpha value is -2.91. The fourth-order valence-electron chi connectivity index (χ4n) is 2.27. The zero-order chi connectivity index (χ0) is 19.4. The second kappa shape index (κ2) is 8.19. The average molecular weight is 409 g/mol. The van der Waals surface area contributed by atoms with Gasteiger partial charge in [0, 0.05) is 34.8 Å². The Morgan fingerprint density at radius 2 is 1.93 bits per heavy atom. The number of aromatic nitrogens is 5. The van der Waals surface area contributed by atoms with E-state index in [1.807, 2.05) is 0 Å². The lowest BCUT2D eigenvalue weighted by molar-refractivity contribution is -0.116. The molecule has 1 amide bonds. The number of rotatable bonds is 7. The van der Waals surface area contributed by atoms with Crippen LogP contribution in [0.4, 0.5) is 5.95 Å². The second-order valence-electron chi connectivity index (χ2n) is 5.56. The van der Waals surface area contributed by atoms with E-state index >= 15 is 0 Å². The Balaban J connectivity index is 1.55. The zero-order valence-corrected chi connectivity index (χ0v) is 15.4.